The second kappa shape index (κ2) is 7.98. The van der Waals surface area contributed by atoms with Crippen LogP contribution in [0.2, 0.25) is 0 Å². The highest BCUT2D eigenvalue weighted by Crippen LogP contribution is 2.50. The first-order chi connectivity index (χ1) is 12.0. The molecule has 0 aromatic heterocycles. The van der Waals surface area contributed by atoms with Gasteiger partial charge in [-0.05, 0) is 70.4 Å². The molecule has 2 aliphatic carbocycles. The van der Waals surface area contributed by atoms with Crippen LogP contribution < -0.4 is 0 Å². The van der Waals surface area contributed by atoms with Crippen LogP contribution >= 0.6 is 0 Å². The monoisotopic (exact) mass is 348 g/mol. The van der Waals surface area contributed by atoms with Crippen molar-refractivity contribution in [3.8, 4) is 0 Å². The van der Waals surface area contributed by atoms with Crippen LogP contribution in [0.3, 0.4) is 0 Å². The molecule has 1 saturated heterocycles. The largest absolute Gasteiger partial charge is 0.342 e. The third-order valence-electron chi connectivity index (χ3n) is 7.84. The second-order valence-electron chi connectivity index (χ2n) is 9.64. The predicted molar refractivity (Wildman–Crippen MR) is 105 cm³/mol. The summed E-state index contributed by atoms with van der Waals surface area (Å²) in [6.07, 6.45) is 17.0. The van der Waals surface area contributed by atoms with Crippen molar-refractivity contribution >= 4 is 5.91 Å². The summed E-state index contributed by atoms with van der Waals surface area (Å²) in [6.45, 7) is 4.16. The maximum Gasteiger partial charge on any atom is 0.222 e. The summed E-state index contributed by atoms with van der Waals surface area (Å²) in [4.78, 5) is 17.0. The second-order valence-corrected chi connectivity index (χ2v) is 9.64. The number of carbonyl (C=O) groups is 1. The number of nitrogens with zero attached hydrogens (tertiary/aromatic N) is 2. The molecule has 3 heteroatoms. The highest BCUT2D eigenvalue weighted by atomic mass is 16.2. The Kier molecular flexibility index (Phi) is 6.13. The van der Waals surface area contributed by atoms with E-state index < -0.39 is 0 Å². The van der Waals surface area contributed by atoms with Gasteiger partial charge in [-0.15, -0.1) is 0 Å². The van der Waals surface area contributed by atoms with E-state index in [9.17, 15) is 4.79 Å². The molecule has 3 nitrogen and oxygen atoms in total. The molecular formula is C22H40N2O. The van der Waals surface area contributed by atoms with Crippen LogP contribution in [-0.4, -0.2) is 48.4 Å². The molecule has 1 spiro atoms. The van der Waals surface area contributed by atoms with Crippen LogP contribution in [-0.2, 0) is 4.79 Å². The summed E-state index contributed by atoms with van der Waals surface area (Å²) in [7, 11) is 4.62. The molecule has 25 heavy (non-hydrogen) atoms. The van der Waals surface area contributed by atoms with Crippen molar-refractivity contribution < 1.29 is 4.79 Å². The van der Waals surface area contributed by atoms with Gasteiger partial charge in [-0.1, -0.05) is 39.0 Å². The third kappa shape index (κ3) is 4.23. The lowest BCUT2D eigenvalue weighted by Crippen LogP contribution is -2.51. The van der Waals surface area contributed by atoms with Crippen molar-refractivity contribution in [3.05, 3.63) is 0 Å². The van der Waals surface area contributed by atoms with Crippen molar-refractivity contribution in [2.24, 2.45) is 11.3 Å². The Balaban J connectivity index is 1.59. The van der Waals surface area contributed by atoms with Crippen molar-refractivity contribution in [1.82, 2.24) is 9.80 Å². The molecule has 144 valence electrons. The molecule has 0 unspecified atom stereocenters. The molecule has 3 rings (SSSR count). The van der Waals surface area contributed by atoms with Gasteiger partial charge in [0.2, 0.25) is 5.91 Å². The third-order valence-corrected chi connectivity index (χ3v) is 7.84. The van der Waals surface area contributed by atoms with Gasteiger partial charge >= 0.3 is 0 Å². The molecule has 1 aliphatic heterocycles. The molecule has 0 bridgehead atoms. The smallest absolute Gasteiger partial charge is 0.222 e. The Morgan fingerprint density at radius 2 is 1.72 bits per heavy atom. The lowest BCUT2D eigenvalue weighted by atomic mass is 9.63. The lowest BCUT2D eigenvalue weighted by Gasteiger charge is -2.50. The highest BCUT2D eigenvalue weighted by molar-refractivity contribution is 5.76. The molecule has 0 N–H and O–H groups in total. The van der Waals surface area contributed by atoms with Gasteiger partial charge in [0.25, 0.3) is 0 Å². The quantitative estimate of drug-likeness (QED) is 0.709. The van der Waals surface area contributed by atoms with E-state index in [-0.39, 0.29) is 0 Å². The number of amides is 1. The maximum atomic E-state index is 12.3. The first kappa shape index (κ1) is 19.2. The first-order valence-electron chi connectivity index (χ1n) is 10.9. The topological polar surface area (TPSA) is 23.6 Å². The van der Waals surface area contributed by atoms with E-state index in [0.717, 1.165) is 31.8 Å². The predicted octanol–water partition coefficient (Wildman–Crippen LogP) is 4.85. The van der Waals surface area contributed by atoms with E-state index in [2.05, 4.69) is 30.8 Å². The SMILES string of the molecule is CCCC(=O)N1CCC2(CCC(CC3CCCCC3)(N(C)C)CC2)C1. The van der Waals surface area contributed by atoms with Crippen LogP contribution in [0.25, 0.3) is 0 Å². The summed E-state index contributed by atoms with van der Waals surface area (Å²) < 4.78 is 0. The molecule has 3 aliphatic rings. The molecule has 3 fully saturated rings. The average Bonchev–Trinajstić information content (AvgIpc) is 3.03. The molecule has 2 saturated carbocycles. The van der Waals surface area contributed by atoms with Crippen LogP contribution in [0.4, 0.5) is 0 Å². The first-order valence-corrected chi connectivity index (χ1v) is 10.9. The Hall–Kier alpha value is -0.570. The molecule has 1 heterocycles. The summed E-state index contributed by atoms with van der Waals surface area (Å²) in [6, 6.07) is 0. The highest BCUT2D eigenvalue weighted by Gasteiger charge is 2.48. The van der Waals surface area contributed by atoms with Gasteiger partial charge in [-0.25, -0.2) is 0 Å². The Morgan fingerprint density at radius 3 is 2.32 bits per heavy atom. The fourth-order valence-corrected chi connectivity index (χ4v) is 5.94. The average molecular weight is 349 g/mol. The number of likely N-dealkylation sites (tertiary alicyclic amines) is 1. The number of hydrogen-bond acceptors (Lipinski definition) is 2. The normalized spacial score (nSPS) is 34.2. The lowest BCUT2D eigenvalue weighted by molar-refractivity contribution is -0.130. The van der Waals surface area contributed by atoms with Gasteiger partial charge < -0.3 is 9.80 Å². The zero-order chi connectivity index (χ0) is 17.9. The zero-order valence-corrected chi connectivity index (χ0v) is 17.0. The van der Waals surface area contributed by atoms with Crippen molar-refractivity contribution in [3.63, 3.8) is 0 Å². The molecular weight excluding hydrogens is 308 g/mol. The van der Waals surface area contributed by atoms with Gasteiger partial charge in [0.05, 0.1) is 0 Å². The van der Waals surface area contributed by atoms with Crippen LogP contribution in [0.5, 0.6) is 0 Å². The van der Waals surface area contributed by atoms with Crippen LogP contribution in [0, 0.1) is 11.3 Å². The molecule has 0 aromatic carbocycles. The minimum atomic E-state index is 0.394. The van der Waals surface area contributed by atoms with E-state index in [1.54, 1.807) is 0 Å². The fraction of sp³-hybridized carbons (Fsp3) is 0.955. The van der Waals surface area contributed by atoms with E-state index in [1.807, 2.05) is 0 Å². The van der Waals surface area contributed by atoms with Crippen molar-refractivity contribution in [1.29, 1.82) is 0 Å². The van der Waals surface area contributed by atoms with Crippen LogP contribution in [0.1, 0.15) is 90.4 Å². The molecule has 1 amide bonds. The van der Waals surface area contributed by atoms with E-state index in [4.69, 9.17) is 0 Å². The Bertz CT molecular complexity index is 445. The van der Waals surface area contributed by atoms with Gasteiger partial charge in [0, 0.05) is 25.0 Å². The van der Waals surface area contributed by atoms with E-state index >= 15 is 0 Å². The Labute approximate surface area is 155 Å². The van der Waals surface area contributed by atoms with Gasteiger partial charge in [-0.3, -0.25) is 4.79 Å². The molecule has 0 aromatic rings. The maximum absolute atomic E-state index is 12.3. The number of carbonyl (C=O) groups excluding carboxylic acids is 1. The van der Waals surface area contributed by atoms with E-state index in [0.29, 0.717) is 16.9 Å². The van der Waals surface area contributed by atoms with Gasteiger partial charge in [-0.2, -0.15) is 0 Å². The summed E-state index contributed by atoms with van der Waals surface area (Å²) in [5, 5.41) is 0. The number of hydrogen-bond donors (Lipinski definition) is 0. The van der Waals surface area contributed by atoms with Gasteiger partial charge in [0.1, 0.15) is 0 Å². The van der Waals surface area contributed by atoms with Gasteiger partial charge in [0.15, 0.2) is 0 Å². The van der Waals surface area contributed by atoms with Crippen molar-refractivity contribution in [2.75, 3.05) is 27.2 Å². The number of rotatable bonds is 5. The minimum Gasteiger partial charge on any atom is -0.342 e. The van der Waals surface area contributed by atoms with E-state index in [1.165, 1.54) is 70.6 Å². The summed E-state index contributed by atoms with van der Waals surface area (Å²) in [5.41, 5.74) is 0.865. The zero-order valence-electron chi connectivity index (χ0n) is 17.0. The molecule has 0 radical (unpaired) electrons. The fourth-order valence-electron chi connectivity index (χ4n) is 5.94. The minimum absolute atomic E-state index is 0.394. The van der Waals surface area contributed by atoms with Crippen molar-refractivity contribution in [2.45, 2.75) is 95.9 Å². The summed E-state index contributed by atoms with van der Waals surface area (Å²) in [5.74, 6) is 1.35. The van der Waals surface area contributed by atoms with Crippen LogP contribution in [0.15, 0.2) is 0 Å². The molecule has 0 atom stereocenters. The standard InChI is InChI=1S/C22H40N2O/c1-4-8-20(25)24-16-15-21(18-24)11-13-22(14-12-21,23(2)3)17-19-9-6-5-7-10-19/h19H,4-18H2,1-3H3. The summed E-state index contributed by atoms with van der Waals surface area (Å²) >= 11 is 0. The Morgan fingerprint density at radius 1 is 1.04 bits per heavy atom.